The van der Waals surface area contributed by atoms with Gasteiger partial charge in [0.1, 0.15) is 0 Å². The van der Waals surface area contributed by atoms with Crippen LogP contribution in [-0.4, -0.2) is 41.0 Å². The molecule has 0 aromatic rings. The average molecular weight is 317 g/mol. The molecule has 22 heavy (non-hydrogen) atoms. The van der Waals surface area contributed by atoms with Crippen LogP contribution in [0.2, 0.25) is 0 Å². The first-order chi connectivity index (χ1) is 10.2. The molecular weight excluding hydrogens is 299 g/mol. The third-order valence-electron chi connectivity index (χ3n) is 5.35. The number of carboxylic acids is 1. The summed E-state index contributed by atoms with van der Waals surface area (Å²) in [5, 5.41) is 8.98. The number of alkyl halides is 3. The molecule has 1 N–H and O–H groups in total. The van der Waals surface area contributed by atoms with Crippen molar-refractivity contribution in [2.45, 2.75) is 44.7 Å². The summed E-state index contributed by atoms with van der Waals surface area (Å²) >= 11 is 0. The van der Waals surface area contributed by atoms with Crippen molar-refractivity contribution in [2.75, 3.05) is 13.1 Å². The number of carbonyl (C=O) groups is 2. The van der Waals surface area contributed by atoms with Crippen LogP contribution in [0.15, 0.2) is 11.3 Å². The molecule has 2 fully saturated rings. The minimum atomic E-state index is -4.83. The van der Waals surface area contributed by atoms with Crippen molar-refractivity contribution in [1.82, 2.24) is 4.90 Å². The topological polar surface area (TPSA) is 57.6 Å². The van der Waals surface area contributed by atoms with E-state index in [0.29, 0.717) is 50.9 Å². The summed E-state index contributed by atoms with van der Waals surface area (Å²) in [5.74, 6) is -2.99. The van der Waals surface area contributed by atoms with Gasteiger partial charge in [-0.1, -0.05) is 6.42 Å². The molecule has 4 nitrogen and oxygen atoms in total. The zero-order valence-electron chi connectivity index (χ0n) is 12.1. The number of halogens is 3. The quantitative estimate of drug-likeness (QED) is 0.869. The lowest BCUT2D eigenvalue weighted by Crippen LogP contribution is -2.51. The zero-order valence-corrected chi connectivity index (χ0v) is 12.1. The molecule has 3 aliphatic rings. The van der Waals surface area contributed by atoms with Crippen molar-refractivity contribution in [3.63, 3.8) is 0 Å². The summed E-state index contributed by atoms with van der Waals surface area (Å²) in [5.41, 5.74) is -0.0862. The molecule has 0 unspecified atom stereocenters. The molecule has 1 heterocycles. The van der Waals surface area contributed by atoms with Gasteiger partial charge in [-0.2, -0.15) is 13.2 Å². The van der Waals surface area contributed by atoms with Crippen molar-refractivity contribution >= 4 is 11.8 Å². The normalized spacial score (nSPS) is 25.0. The summed E-state index contributed by atoms with van der Waals surface area (Å²) in [4.78, 5) is 24.5. The third kappa shape index (κ3) is 2.30. The highest BCUT2D eigenvalue weighted by Crippen LogP contribution is 2.61. The van der Waals surface area contributed by atoms with Gasteiger partial charge in [-0.3, -0.25) is 9.59 Å². The monoisotopic (exact) mass is 317 g/mol. The molecule has 0 radical (unpaired) electrons. The van der Waals surface area contributed by atoms with Gasteiger partial charge >= 0.3 is 12.1 Å². The lowest BCUT2D eigenvalue weighted by atomic mass is 9.53. The van der Waals surface area contributed by atoms with Crippen molar-refractivity contribution in [2.24, 2.45) is 11.3 Å². The molecule has 1 saturated heterocycles. The number of piperidine rings is 1. The number of likely N-dealkylation sites (tertiary alicyclic amines) is 1. The van der Waals surface area contributed by atoms with Crippen LogP contribution < -0.4 is 0 Å². The molecule has 122 valence electrons. The summed E-state index contributed by atoms with van der Waals surface area (Å²) in [6.45, 7) is 0.827. The van der Waals surface area contributed by atoms with Gasteiger partial charge in [-0.05, 0) is 32.1 Å². The number of aliphatic carboxylic acids is 1. The number of hydrogen-bond acceptors (Lipinski definition) is 3. The van der Waals surface area contributed by atoms with Crippen LogP contribution in [-0.2, 0) is 9.59 Å². The first kappa shape index (κ1) is 15.4. The second kappa shape index (κ2) is 4.99. The first-order valence-electron chi connectivity index (χ1n) is 7.57. The fourth-order valence-corrected chi connectivity index (χ4v) is 3.91. The summed E-state index contributed by atoms with van der Waals surface area (Å²) in [7, 11) is 0. The number of carbonyl (C=O) groups excluding carboxylic acids is 1. The summed E-state index contributed by atoms with van der Waals surface area (Å²) in [6, 6.07) is 0. The molecule has 1 saturated carbocycles. The highest BCUT2D eigenvalue weighted by molar-refractivity contribution is 6.03. The van der Waals surface area contributed by atoms with E-state index in [1.165, 1.54) is 0 Å². The first-order valence-corrected chi connectivity index (χ1v) is 7.57. The van der Waals surface area contributed by atoms with Gasteiger partial charge in [0, 0.05) is 29.8 Å². The van der Waals surface area contributed by atoms with Crippen LogP contribution >= 0.6 is 0 Å². The summed E-state index contributed by atoms with van der Waals surface area (Å²) < 4.78 is 38.6. The molecule has 2 aliphatic carbocycles. The van der Waals surface area contributed by atoms with Crippen LogP contribution in [0.25, 0.3) is 0 Å². The number of Topliss-reactive ketones (excluding diaryl/α,β-unsaturated/α-hetero) is 1. The number of rotatable bonds is 3. The Morgan fingerprint density at radius 2 is 1.77 bits per heavy atom. The van der Waals surface area contributed by atoms with Crippen molar-refractivity contribution in [1.29, 1.82) is 0 Å². The Hall–Kier alpha value is -1.53. The number of allylic oxidation sites excluding steroid dienone is 2. The molecule has 0 amide bonds. The molecule has 0 atom stereocenters. The van der Waals surface area contributed by atoms with E-state index in [4.69, 9.17) is 5.11 Å². The molecule has 1 spiro atoms. The van der Waals surface area contributed by atoms with Gasteiger partial charge in [-0.25, -0.2) is 0 Å². The van der Waals surface area contributed by atoms with Crippen LogP contribution in [0.1, 0.15) is 38.5 Å². The van der Waals surface area contributed by atoms with Gasteiger partial charge in [0.25, 0.3) is 5.78 Å². The Morgan fingerprint density at radius 3 is 2.18 bits per heavy atom. The van der Waals surface area contributed by atoms with E-state index in [1.807, 2.05) is 0 Å². The Balaban J connectivity index is 1.81. The van der Waals surface area contributed by atoms with Crippen LogP contribution in [0.4, 0.5) is 13.2 Å². The Kier molecular flexibility index (Phi) is 3.49. The molecule has 0 aromatic heterocycles. The number of carboxylic acid groups (broad SMARTS) is 1. The van der Waals surface area contributed by atoms with Gasteiger partial charge in [-0.15, -0.1) is 0 Å². The Bertz CT molecular complexity index is 541. The van der Waals surface area contributed by atoms with Crippen molar-refractivity contribution < 1.29 is 27.9 Å². The van der Waals surface area contributed by atoms with Crippen LogP contribution in [0.3, 0.4) is 0 Å². The third-order valence-corrected chi connectivity index (χ3v) is 5.35. The highest BCUT2D eigenvalue weighted by atomic mass is 19.4. The predicted molar refractivity (Wildman–Crippen MR) is 70.9 cm³/mol. The van der Waals surface area contributed by atoms with E-state index in [9.17, 15) is 22.8 Å². The van der Waals surface area contributed by atoms with E-state index >= 15 is 0 Å². The SMILES string of the molecule is O=C(O)C1CCN(C2=C(C(=O)C(F)(F)F)C3(CCC3)C2)CC1. The predicted octanol–water partition coefficient (Wildman–Crippen LogP) is 2.74. The Morgan fingerprint density at radius 1 is 1.18 bits per heavy atom. The van der Waals surface area contributed by atoms with Crippen molar-refractivity contribution in [3.8, 4) is 0 Å². The fourth-order valence-electron chi connectivity index (χ4n) is 3.91. The fraction of sp³-hybridized carbons (Fsp3) is 0.733. The minimum absolute atomic E-state index is 0.0416. The van der Waals surface area contributed by atoms with Crippen molar-refractivity contribution in [3.05, 3.63) is 11.3 Å². The van der Waals surface area contributed by atoms with E-state index in [2.05, 4.69) is 0 Å². The maximum atomic E-state index is 12.9. The number of nitrogens with zero attached hydrogens (tertiary/aromatic N) is 1. The standard InChI is InChI=1S/C15H18F3NO3/c16-15(17,18)12(20)11-10(8-14(11)4-1-5-14)19-6-2-9(3-7-19)13(21)22/h9H,1-8H2,(H,21,22). The lowest BCUT2D eigenvalue weighted by Gasteiger charge is -2.55. The van der Waals surface area contributed by atoms with E-state index in [0.717, 1.165) is 6.42 Å². The van der Waals surface area contributed by atoms with Crippen LogP contribution in [0.5, 0.6) is 0 Å². The second-order valence-corrected chi connectivity index (χ2v) is 6.56. The van der Waals surface area contributed by atoms with Gasteiger partial charge in [0.15, 0.2) is 0 Å². The maximum Gasteiger partial charge on any atom is 0.454 e. The molecule has 1 aliphatic heterocycles. The van der Waals surface area contributed by atoms with E-state index in [1.54, 1.807) is 4.90 Å². The van der Waals surface area contributed by atoms with Crippen LogP contribution in [0, 0.1) is 11.3 Å². The molecule has 7 heteroatoms. The molecule has 0 aromatic carbocycles. The minimum Gasteiger partial charge on any atom is -0.481 e. The molecule has 3 rings (SSSR count). The number of ketones is 1. The van der Waals surface area contributed by atoms with E-state index in [-0.39, 0.29) is 5.57 Å². The molecular formula is C15H18F3NO3. The van der Waals surface area contributed by atoms with Gasteiger partial charge in [0.2, 0.25) is 0 Å². The average Bonchev–Trinajstić information content (AvgIpc) is 2.35. The second-order valence-electron chi connectivity index (χ2n) is 6.56. The van der Waals surface area contributed by atoms with Gasteiger partial charge < -0.3 is 10.0 Å². The van der Waals surface area contributed by atoms with E-state index < -0.39 is 29.3 Å². The molecule has 0 bridgehead atoms. The highest BCUT2D eigenvalue weighted by Gasteiger charge is 2.58. The summed E-state index contributed by atoms with van der Waals surface area (Å²) in [6.07, 6.45) is -1.30. The lowest BCUT2D eigenvalue weighted by molar-refractivity contribution is -0.170. The smallest absolute Gasteiger partial charge is 0.454 e. The maximum absolute atomic E-state index is 12.9. The van der Waals surface area contributed by atoms with Gasteiger partial charge in [0.05, 0.1) is 5.92 Å². The largest absolute Gasteiger partial charge is 0.481 e. The number of hydrogen-bond donors (Lipinski definition) is 1. The Labute approximate surface area is 126 Å². The zero-order chi connectivity index (χ0) is 16.1.